The van der Waals surface area contributed by atoms with E-state index in [1.165, 1.54) is 19.2 Å². The molecule has 1 aliphatic heterocycles. The number of pyridine rings is 1. The number of nitrogens with zero attached hydrogens (tertiary/aromatic N) is 2. The minimum atomic E-state index is -1.78. The maximum Gasteiger partial charge on any atom is 0.254 e. The van der Waals surface area contributed by atoms with E-state index < -0.39 is 29.2 Å². The second-order valence-corrected chi connectivity index (χ2v) is 4.52. The van der Waals surface area contributed by atoms with Gasteiger partial charge in [-0.15, -0.1) is 0 Å². The Labute approximate surface area is 132 Å². The Morgan fingerprint density at radius 3 is 2.54 bits per heavy atom. The van der Waals surface area contributed by atoms with E-state index in [2.05, 4.69) is 10.1 Å². The van der Waals surface area contributed by atoms with E-state index in [0.717, 1.165) is 6.21 Å². The molecule has 10 heteroatoms. The number of ether oxygens (including phenoxy) is 3. The van der Waals surface area contributed by atoms with E-state index in [0.29, 0.717) is 22.8 Å². The van der Waals surface area contributed by atoms with E-state index in [1.54, 1.807) is 0 Å². The normalized spacial score (nSPS) is 12.7. The fraction of sp³-hybridized carbons (Fsp3) is 0.143. The first kappa shape index (κ1) is 15.8. The van der Waals surface area contributed by atoms with Crippen molar-refractivity contribution in [2.75, 3.05) is 19.3 Å². The van der Waals surface area contributed by atoms with Gasteiger partial charge >= 0.3 is 0 Å². The van der Waals surface area contributed by atoms with Gasteiger partial charge in [0.05, 0.1) is 13.3 Å². The van der Waals surface area contributed by atoms with Crippen LogP contribution in [0.25, 0.3) is 0 Å². The highest BCUT2D eigenvalue weighted by Crippen LogP contribution is 2.41. The van der Waals surface area contributed by atoms with Gasteiger partial charge in [-0.1, -0.05) is 0 Å². The molecule has 0 radical (unpaired) electrons. The van der Waals surface area contributed by atoms with E-state index in [9.17, 15) is 17.6 Å². The molecule has 0 bridgehead atoms. The van der Waals surface area contributed by atoms with Crippen LogP contribution in [0.15, 0.2) is 17.2 Å². The molecule has 0 aliphatic carbocycles. The Morgan fingerprint density at radius 2 is 1.88 bits per heavy atom. The Morgan fingerprint density at radius 1 is 1.17 bits per heavy atom. The molecule has 6 nitrogen and oxygen atoms in total. The van der Waals surface area contributed by atoms with Gasteiger partial charge in [-0.25, -0.2) is 0 Å². The number of aromatic nitrogens is 1. The summed E-state index contributed by atoms with van der Waals surface area (Å²) in [5, 5.41) is 3.55. The largest absolute Gasteiger partial charge is 0.493 e. The molecule has 1 aromatic heterocycles. The molecule has 0 unspecified atom stereocenters. The van der Waals surface area contributed by atoms with Crippen LogP contribution < -0.4 is 19.6 Å². The highest BCUT2D eigenvalue weighted by atomic mass is 19.2. The van der Waals surface area contributed by atoms with Gasteiger partial charge in [0.2, 0.25) is 24.2 Å². The zero-order valence-corrected chi connectivity index (χ0v) is 12.1. The monoisotopic (exact) mass is 343 g/mol. The van der Waals surface area contributed by atoms with E-state index in [-0.39, 0.29) is 6.79 Å². The summed E-state index contributed by atoms with van der Waals surface area (Å²) in [5.41, 5.74) is 1.24. The summed E-state index contributed by atoms with van der Waals surface area (Å²) in [6, 6.07) is 3.07. The van der Waals surface area contributed by atoms with Gasteiger partial charge in [0.25, 0.3) is 11.9 Å². The molecule has 3 rings (SSSR count). The molecule has 1 aliphatic rings. The third kappa shape index (κ3) is 2.77. The Hall–Kier alpha value is -3.04. The summed E-state index contributed by atoms with van der Waals surface area (Å²) in [5.74, 6) is -5.76. The van der Waals surface area contributed by atoms with Crippen molar-refractivity contribution in [3.63, 3.8) is 0 Å². The molecular formula is C14H9F4N3O3. The smallest absolute Gasteiger partial charge is 0.254 e. The van der Waals surface area contributed by atoms with Crippen LogP contribution in [-0.2, 0) is 0 Å². The summed E-state index contributed by atoms with van der Waals surface area (Å²) in [7, 11) is 1.42. The first-order valence-corrected chi connectivity index (χ1v) is 6.48. The van der Waals surface area contributed by atoms with Crippen LogP contribution in [0.2, 0.25) is 0 Å². The quantitative estimate of drug-likeness (QED) is 0.400. The number of anilines is 1. The van der Waals surface area contributed by atoms with Crippen molar-refractivity contribution in [3.8, 4) is 17.2 Å². The van der Waals surface area contributed by atoms with Gasteiger partial charge in [0, 0.05) is 5.56 Å². The van der Waals surface area contributed by atoms with Crippen molar-refractivity contribution in [2.24, 2.45) is 5.10 Å². The zero-order chi connectivity index (χ0) is 17.3. The summed E-state index contributed by atoms with van der Waals surface area (Å²) in [4.78, 5) is 2.44. The molecule has 0 amide bonds. The number of benzene rings is 1. The second kappa shape index (κ2) is 6.22. The van der Waals surface area contributed by atoms with Crippen LogP contribution in [0.1, 0.15) is 5.56 Å². The van der Waals surface area contributed by atoms with Crippen molar-refractivity contribution in [3.05, 3.63) is 41.2 Å². The summed E-state index contributed by atoms with van der Waals surface area (Å²) < 4.78 is 68.4. The average molecular weight is 343 g/mol. The number of rotatable bonds is 4. The van der Waals surface area contributed by atoms with Crippen molar-refractivity contribution in [2.45, 2.75) is 0 Å². The fourth-order valence-corrected chi connectivity index (χ4v) is 1.98. The van der Waals surface area contributed by atoms with E-state index in [1.807, 2.05) is 5.43 Å². The number of methoxy groups -OCH3 is 1. The van der Waals surface area contributed by atoms with Gasteiger partial charge in [-0.3, -0.25) is 5.43 Å². The molecule has 24 heavy (non-hydrogen) atoms. The van der Waals surface area contributed by atoms with Gasteiger partial charge in [0.1, 0.15) is 5.69 Å². The molecule has 0 fully saturated rings. The average Bonchev–Trinajstić information content (AvgIpc) is 3.04. The lowest BCUT2D eigenvalue weighted by atomic mass is 10.2. The number of hydrogen-bond donors (Lipinski definition) is 1. The van der Waals surface area contributed by atoms with Gasteiger partial charge in [-0.2, -0.15) is 27.6 Å². The standard InChI is InChI=1S/C14H9F4N3O3/c1-22-7-2-6(3-8-12(7)24-5-23-8)4-19-21-11-9(15)13(17)20-14(18)10(11)16/h2-4H,5H2,1H3,(H,20,21)/b19-4-. The molecule has 1 aromatic carbocycles. The lowest BCUT2D eigenvalue weighted by molar-refractivity contribution is 0.171. The van der Waals surface area contributed by atoms with Crippen LogP contribution in [0.4, 0.5) is 23.2 Å². The minimum Gasteiger partial charge on any atom is -0.493 e. The van der Waals surface area contributed by atoms with E-state index >= 15 is 0 Å². The fourth-order valence-electron chi connectivity index (χ4n) is 1.98. The third-order valence-electron chi connectivity index (χ3n) is 3.07. The zero-order valence-electron chi connectivity index (χ0n) is 12.1. The topological polar surface area (TPSA) is 65.0 Å². The first-order valence-electron chi connectivity index (χ1n) is 6.48. The maximum atomic E-state index is 13.4. The van der Waals surface area contributed by atoms with Crippen molar-refractivity contribution in [1.29, 1.82) is 0 Å². The third-order valence-corrected chi connectivity index (χ3v) is 3.07. The van der Waals surface area contributed by atoms with Crippen LogP contribution in [0, 0.1) is 23.5 Å². The lowest BCUT2D eigenvalue weighted by Gasteiger charge is -2.06. The number of fused-ring (bicyclic) bond motifs is 1. The molecule has 2 aromatic rings. The SMILES string of the molecule is COc1cc(/C=N\Nc2c(F)c(F)nc(F)c2F)cc2c1OCO2. The van der Waals surface area contributed by atoms with Crippen LogP contribution >= 0.6 is 0 Å². The molecule has 0 saturated heterocycles. The predicted octanol–water partition coefficient (Wildman–Crippen LogP) is 2.82. The molecule has 0 spiro atoms. The molecule has 1 N–H and O–H groups in total. The first-order chi connectivity index (χ1) is 11.5. The van der Waals surface area contributed by atoms with Crippen LogP contribution in [-0.4, -0.2) is 25.1 Å². The van der Waals surface area contributed by atoms with Gasteiger partial charge in [0.15, 0.2) is 11.5 Å². The van der Waals surface area contributed by atoms with Crippen LogP contribution in [0.5, 0.6) is 17.2 Å². The van der Waals surface area contributed by atoms with E-state index in [4.69, 9.17) is 14.2 Å². The highest BCUT2D eigenvalue weighted by Gasteiger charge is 2.21. The molecule has 126 valence electrons. The Balaban J connectivity index is 1.86. The number of hydrazone groups is 1. The lowest BCUT2D eigenvalue weighted by Crippen LogP contribution is -2.05. The number of hydrogen-bond acceptors (Lipinski definition) is 6. The second-order valence-electron chi connectivity index (χ2n) is 4.52. The van der Waals surface area contributed by atoms with Crippen molar-refractivity contribution >= 4 is 11.9 Å². The summed E-state index contributed by atoms with van der Waals surface area (Å²) >= 11 is 0. The molecule has 0 atom stereocenters. The minimum absolute atomic E-state index is 0.0243. The maximum absolute atomic E-state index is 13.4. The highest BCUT2D eigenvalue weighted by molar-refractivity contribution is 5.83. The Kier molecular flexibility index (Phi) is 4.11. The summed E-state index contributed by atoms with van der Waals surface area (Å²) in [6.45, 7) is 0.0243. The number of halogens is 4. The Bertz CT molecular complexity index is 803. The van der Waals surface area contributed by atoms with Crippen molar-refractivity contribution < 1.29 is 31.8 Å². The van der Waals surface area contributed by atoms with Crippen molar-refractivity contribution in [1.82, 2.24) is 4.98 Å². The predicted molar refractivity (Wildman–Crippen MR) is 74.4 cm³/mol. The molecular weight excluding hydrogens is 334 g/mol. The summed E-state index contributed by atoms with van der Waals surface area (Å²) in [6.07, 6.45) is 1.15. The van der Waals surface area contributed by atoms with Crippen LogP contribution in [0.3, 0.4) is 0 Å². The number of nitrogens with one attached hydrogen (secondary N) is 1. The van der Waals surface area contributed by atoms with Gasteiger partial charge < -0.3 is 14.2 Å². The molecule has 2 heterocycles. The van der Waals surface area contributed by atoms with Gasteiger partial charge in [-0.05, 0) is 12.1 Å². The molecule has 0 saturated carbocycles.